The molecule has 0 unspecified atom stereocenters. The molecule has 0 heterocycles. The Bertz CT molecular complexity index is 749. The molecule has 4 N–H and O–H groups in total. The second kappa shape index (κ2) is 6.77. The fourth-order valence-corrected chi connectivity index (χ4v) is 1.94. The number of rotatable bonds is 3. The van der Waals surface area contributed by atoms with Crippen LogP contribution in [-0.4, -0.2) is 16.9 Å². The lowest BCUT2D eigenvalue weighted by Gasteiger charge is -2.10. The molecule has 2 amide bonds. The minimum absolute atomic E-state index is 0.0186. The molecule has 0 saturated carbocycles. The lowest BCUT2D eigenvalue weighted by atomic mass is 10.2. The molecule has 0 spiro atoms. The van der Waals surface area contributed by atoms with Crippen molar-refractivity contribution in [1.29, 1.82) is 0 Å². The number of hydrogen-bond donors (Lipinski definition) is 3. The molecule has 0 aromatic heterocycles. The minimum Gasteiger partial charge on any atom is -0.366 e. The summed E-state index contributed by atoms with van der Waals surface area (Å²) in [7, 11) is 0. The fraction of sp³-hybridized carbons (Fsp3) is 0. The summed E-state index contributed by atoms with van der Waals surface area (Å²) in [5, 5.41) is 5.07. The largest absolute Gasteiger partial charge is 0.366 e. The number of anilines is 1. The summed E-state index contributed by atoms with van der Waals surface area (Å²) in [6.07, 6.45) is 0. The Labute approximate surface area is 131 Å². The van der Waals surface area contributed by atoms with Gasteiger partial charge in [0.1, 0.15) is 5.82 Å². The van der Waals surface area contributed by atoms with Crippen LogP contribution < -0.4 is 16.4 Å². The van der Waals surface area contributed by atoms with E-state index in [-0.39, 0.29) is 10.7 Å². The van der Waals surface area contributed by atoms with Gasteiger partial charge in [-0.1, -0.05) is 18.2 Å². The Morgan fingerprint density at radius 3 is 2.50 bits per heavy atom. The maximum atomic E-state index is 13.5. The zero-order valence-corrected chi connectivity index (χ0v) is 12.1. The summed E-state index contributed by atoms with van der Waals surface area (Å²) in [6.45, 7) is 0. The van der Waals surface area contributed by atoms with Crippen molar-refractivity contribution >= 4 is 34.8 Å². The summed E-state index contributed by atoms with van der Waals surface area (Å²) in [4.78, 5) is 23.0. The van der Waals surface area contributed by atoms with Gasteiger partial charge in [0.15, 0.2) is 5.11 Å². The Balaban J connectivity index is 2.04. The Morgan fingerprint density at radius 1 is 1.09 bits per heavy atom. The van der Waals surface area contributed by atoms with Crippen LogP contribution in [0, 0.1) is 5.82 Å². The van der Waals surface area contributed by atoms with E-state index < -0.39 is 17.6 Å². The number of halogens is 1. The van der Waals surface area contributed by atoms with Crippen LogP contribution in [0.25, 0.3) is 0 Å². The molecule has 0 aliphatic carbocycles. The molecule has 2 aromatic rings. The van der Waals surface area contributed by atoms with Gasteiger partial charge in [-0.05, 0) is 42.5 Å². The van der Waals surface area contributed by atoms with E-state index in [1.165, 1.54) is 24.3 Å². The number of amides is 2. The molecule has 0 atom stereocenters. The van der Waals surface area contributed by atoms with Crippen molar-refractivity contribution in [1.82, 2.24) is 5.32 Å². The van der Waals surface area contributed by atoms with E-state index in [1.54, 1.807) is 24.3 Å². The average molecular weight is 317 g/mol. The zero-order chi connectivity index (χ0) is 16.1. The first-order valence-electron chi connectivity index (χ1n) is 6.24. The second-order valence-corrected chi connectivity index (χ2v) is 4.74. The third-order valence-corrected chi connectivity index (χ3v) is 2.95. The Hall–Kier alpha value is -2.80. The summed E-state index contributed by atoms with van der Waals surface area (Å²) < 4.78 is 13.5. The van der Waals surface area contributed by atoms with Crippen LogP contribution in [0.15, 0.2) is 48.5 Å². The van der Waals surface area contributed by atoms with Crippen molar-refractivity contribution in [2.45, 2.75) is 0 Å². The van der Waals surface area contributed by atoms with Crippen LogP contribution in [0.3, 0.4) is 0 Å². The Kier molecular flexibility index (Phi) is 4.80. The molecular formula is C15H12FN3O2S. The van der Waals surface area contributed by atoms with Crippen molar-refractivity contribution < 1.29 is 14.0 Å². The predicted octanol–water partition coefficient (Wildman–Crippen LogP) is 2.05. The number of hydrogen-bond acceptors (Lipinski definition) is 3. The topological polar surface area (TPSA) is 84.2 Å². The number of carbonyl (C=O) groups excluding carboxylic acids is 2. The SMILES string of the molecule is NC(=O)c1cccc(NC(=S)NC(=O)c2ccccc2F)c1. The third-order valence-electron chi connectivity index (χ3n) is 2.75. The van der Waals surface area contributed by atoms with Gasteiger partial charge in [0.25, 0.3) is 5.91 Å². The van der Waals surface area contributed by atoms with Crippen LogP contribution in [0.4, 0.5) is 10.1 Å². The van der Waals surface area contributed by atoms with E-state index in [1.807, 2.05) is 0 Å². The second-order valence-electron chi connectivity index (χ2n) is 4.33. The highest BCUT2D eigenvalue weighted by Crippen LogP contribution is 2.10. The van der Waals surface area contributed by atoms with Crippen LogP contribution in [-0.2, 0) is 0 Å². The smallest absolute Gasteiger partial charge is 0.260 e. The van der Waals surface area contributed by atoms with Crippen molar-refractivity contribution in [3.05, 3.63) is 65.5 Å². The highest BCUT2D eigenvalue weighted by molar-refractivity contribution is 7.80. The number of primary amides is 1. The number of carbonyl (C=O) groups is 2. The van der Waals surface area contributed by atoms with Gasteiger partial charge in [0.05, 0.1) is 5.56 Å². The highest BCUT2D eigenvalue weighted by atomic mass is 32.1. The molecule has 0 fully saturated rings. The first kappa shape index (κ1) is 15.6. The lowest BCUT2D eigenvalue weighted by Crippen LogP contribution is -2.34. The van der Waals surface area contributed by atoms with E-state index in [0.29, 0.717) is 11.3 Å². The molecule has 0 aliphatic heterocycles. The van der Waals surface area contributed by atoms with E-state index in [4.69, 9.17) is 18.0 Å². The highest BCUT2D eigenvalue weighted by Gasteiger charge is 2.12. The van der Waals surface area contributed by atoms with Gasteiger partial charge in [-0.15, -0.1) is 0 Å². The lowest BCUT2D eigenvalue weighted by molar-refractivity contribution is 0.0971. The normalized spacial score (nSPS) is 9.86. The first-order valence-corrected chi connectivity index (χ1v) is 6.65. The molecule has 0 saturated heterocycles. The van der Waals surface area contributed by atoms with Crippen molar-refractivity contribution in [3.63, 3.8) is 0 Å². The summed E-state index contributed by atoms with van der Waals surface area (Å²) in [5.74, 6) is -1.88. The molecule has 0 bridgehead atoms. The average Bonchev–Trinajstić information content (AvgIpc) is 2.47. The Morgan fingerprint density at radius 2 is 1.82 bits per heavy atom. The monoisotopic (exact) mass is 317 g/mol. The van der Waals surface area contributed by atoms with Gasteiger partial charge < -0.3 is 11.1 Å². The molecule has 2 rings (SSSR count). The first-order chi connectivity index (χ1) is 10.5. The molecule has 2 aromatic carbocycles. The van der Waals surface area contributed by atoms with E-state index in [9.17, 15) is 14.0 Å². The quantitative estimate of drug-likeness (QED) is 0.757. The predicted molar refractivity (Wildman–Crippen MR) is 85.0 cm³/mol. The van der Waals surface area contributed by atoms with Gasteiger partial charge in [-0.3, -0.25) is 14.9 Å². The third kappa shape index (κ3) is 3.86. The fourth-order valence-electron chi connectivity index (χ4n) is 1.73. The van der Waals surface area contributed by atoms with Gasteiger partial charge in [0.2, 0.25) is 5.91 Å². The van der Waals surface area contributed by atoms with E-state index in [2.05, 4.69) is 10.6 Å². The van der Waals surface area contributed by atoms with Crippen molar-refractivity contribution in [2.24, 2.45) is 5.73 Å². The maximum Gasteiger partial charge on any atom is 0.260 e. The summed E-state index contributed by atoms with van der Waals surface area (Å²) in [6, 6.07) is 11.9. The number of nitrogens with two attached hydrogens (primary N) is 1. The molecule has 5 nitrogen and oxygen atoms in total. The molecular weight excluding hydrogens is 305 g/mol. The van der Waals surface area contributed by atoms with Crippen LogP contribution in [0.1, 0.15) is 20.7 Å². The minimum atomic E-state index is -0.665. The van der Waals surface area contributed by atoms with Gasteiger partial charge in [0, 0.05) is 11.3 Å². The maximum absolute atomic E-state index is 13.5. The van der Waals surface area contributed by atoms with Gasteiger partial charge in [-0.25, -0.2) is 4.39 Å². The number of thiocarbonyl (C=S) groups is 1. The summed E-state index contributed by atoms with van der Waals surface area (Å²) in [5.41, 5.74) is 5.84. The molecule has 0 aliphatic rings. The van der Waals surface area contributed by atoms with Crippen LogP contribution in [0.2, 0.25) is 0 Å². The van der Waals surface area contributed by atoms with Crippen LogP contribution >= 0.6 is 12.2 Å². The molecule has 22 heavy (non-hydrogen) atoms. The number of benzene rings is 2. The van der Waals surface area contributed by atoms with Crippen molar-refractivity contribution in [2.75, 3.05) is 5.32 Å². The van der Waals surface area contributed by atoms with E-state index >= 15 is 0 Å². The summed E-state index contributed by atoms with van der Waals surface area (Å²) >= 11 is 4.98. The molecule has 112 valence electrons. The van der Waals surface area contributed by atoms with Gasteiger partial charge >= 0.3 is 0 Å². The van der Waals surface area contributed by atoms with Crippen molar-refractivity contribution in [3.8, 4) is 0 Å². The van der Waals surface area contributed by atoms with E-state index in [0.717, 1.165) is 0 Å². The van der Waals surface area contributed by atoms with Crippen LogP contribution in [0.5, 0.6) is 0 Å². The standard InChI is InChI=1S/C15H12FN3O2S/c16-12-7-2-1-6-11(12)14(21)19-15(22)18-10-5-3-4-9(8-10)13(17)20/h1-8H,(H2,17,20)(H2,18,19,21,22). The van der Waals surface area contributed by atoms with Gasteiger partial charge in [-0.2, -0.15) is 0 Å². The number of nitrogens with one attached hydrogen (secondary N) is 2. The molecule has 0 radical (unpaired) electrons. The zero-order valence-electron chi connectivity index (χ0n) is 11.3. The molecule has 7 heteroatoms.